The monoisotopic (exact) mass is 310 g/mol. The molecule has 0 saturated carbocycles. The Kier molecular flexibility index (Phi) is 10.9. The van der Waals surface area contributed by atoms with Crippen LogP contribution >= 0.6 is 0 Å². The Labute approximate surface area is 136 Å². The topological polar surface area (TPSA) is 43.4 Å². The van der Waals surface area contributed by atoms with E-state index in [-0.39, 0.29) is 11.8 Å². The lowest BCUT2D eigenvalue weighted by molar-refractivity contribution is -0.160. The van der Waals surface area contributed by atoms with Crippen molar-refractivity contribution in [2.24, 2.45) is 5.92 Å². The minimum atomic E-state index is -0.605. The van der Waals surface area contributed by atoms with Crippen molar-refractivity contribution < 1.29 is 14.3 Å². The van der Waals surface area contributed by atoms with Gasteiger partial charge < -0.3 is 4.74 Å². The summed E-state index contributed by atoms with van der Waals surface area (Å²) in [6, 6.07) is 0. The first-order chi connectivity index (χ1) is 10.4. The van der Waals surface area contributed by atoms with Crippen molar-refractivity contribution in [3.8, 4) is 0 Å². The van der Waals surface area contributed by atoms with Gasteiger partial charge in [-0.05, 0) is 44.4 Å². The van der Waals surface area contributed by atoms with Crippen LogP contribution in [-0.2, 0) is 14.3 Å². The first-order valence-electron chi connectivity index (χ1n) is 8.80. The number of Topliss-reactive ketones (excluding diaryl/α,β-unsaturated/α-hetero) is 1. The second-order valence-corrected chi connectivity index (χ2v) is 6.10. The van der Waals surface area contributed by atoms with Crippen molar-refractivity contribution in [1.82, 2.24) is 0 Å². The van der Waals surface area contributed by atoms with Crippen LogP contribution in [0.25, 0.3) is 0 Å². The fourth-order valence-electron chi connectivity index (χ4n) is 2.79. The third kappa shape index (κ3) is 8.35. The quantitative estimate of drug-likeness (QED) is 0.366. The molecule has 0 rings (SSSR count). The van der Waals surface area contributed by atoms with Crippen LogP contribution in [0.3, 0.4) is 0 Å². The normalized spacial score (nSPS) is 15.5. The molecule has 22 heavy (non-hydrogen) atoms. The molecule has 0 amide bonds. The molecule has 0 aliphatic heterocycles. The van der Waals surface area contributed by atoms with E-state index < -0.39 is 5.60 Å². The molecule has 0 spiro atoms. The lowest BCUT2D eigenvalue weighted by Gasteiger charge is -2.32. The molecule has 0 aromatic rings. The number of rotatable bonds is 12. The molecule has 0 fully saturated rings. The van der Waals surface area contributed by atoms with Crippen molar-refractivity contribution in [2.75, 3.05) is 0 Å². The van der Waals surface area contributed by atoms with Crippen molar-refractivity contribution in [2.45, 2.75) is 91.6 Å². The summed E-state index contributed by atoms with van der Waals surface area (Å²) in [6.07, 6.45) is 11.1. The van der Waals surface area contributed by atoms with Gasteiger partial charge in [-0.1, -0.05) is 39.8 Å². The first-order valence-corrected chi connectivity index (χ1v) is 8.80. The van der Waals surface area contributed by atoms with E-state index in [0.717, 1.165) is 32.1 Å². The average Bonchev–Trinajstić information content (AvgIpc) is 2.49. The lowest BCUT2D eigenvalue weighted by atomic mass is 9.85. The zero-order valence-electron chi connectivity index (χ0n) is 15.1. The molecule has 3 nitrogen and oxygen atoms in total. The molecule has 0 radical (unpaired) electrons. The van der Waals surface area contributed by atoms with Gasteiger partial charge in [0, 0.05) is 19.8 Å². The van der Waals surface area contributed by atoms with Gasteiger partial charge >= 0.3 is 5.97 Å². The summed E-state index contributed by atoms with van der Waals surface area (Å²) in [5, 5.41) is 0. The molecule has 0 heterocycles. The molecule has 128 valence electrons. The predicted molar refractivity (Wildman–Crippen MR) is 91.8 cm³/mol. The molecule has 0 aromatic carbocycles. The minimum Gasteiger partial charge on any atom is -0.459 e. The summed E-state index contributed by atoms with van der Waals surface area (Å²) in [6.45, 7) is 9.63. The van der Waals surface area contributed by atoms with Crippen LogP contribution in [0.1, 0.15) is 86.0 Å². The van der Waals surface area contributed by atoms with Crippen LogP contribution < -0.4 is 0 Å². The van der Waals surface area contributed by atoms with E-state index >= 15 is 0 Å². The van der Waals surface area contributed by atoms with Crippen molar-refractivity contribution in [1.29, 1.82) is 0 Å². The highest BCUT2D eigenvalue weighted by Gasteiger charge is 2.33. The second-order valence-electron chi connectivity index (χ2n) is 6.10. The zero-order valence-corrected chi connectivity index (χ0v) is 15.1. The van der Waals surface area contributed by atoms with E-state index in [1.807, 2.05) is 13.8 Å². The first kappa shape index (κ1) is 20.9. The SMILES string of the molecule is CCC=C[C@@H](CC)CCC[C@@](CC)(CC(=O)CC)OC(C)=O. The maximum absolute atomic E-state index is 11.9. The fourth-order valence-corrected chi connectivity index (χ4v) is 2.79. The molecular formula is C19H34O3. The van der Waals surface area contributed by atoms with Gasteiger partial charge in [-0.15, -0.1) is 0 Å². The van der Waals surface area contributed by atoms with Crippen LogP contribution in [-0.4, -0.2) is 17.4 Å². The molecular weight excluding hydrogens is 276 g/mol. The van der Waals surface area contributed by atoms with Gasteiger partial charge in [0.05, 0.1) is 0 Å². The molecule has 0 N–H and O–H groups in total. The van der Waals surface area contributed by atoms with Crippen LogP contribution in [0.2, 0.25) is 0 Å². The molecule has 0 saturated heterocycles. The van der Waals surface area contributed by atoms with Crippen LogP contribution in [0.4, 0.5) is 0 Å². The summed E-state index contributed by atoms with van der Waals surface area (Å²) < 4.78 is 5.58. The molecule has 3 heteroatoms. The highest BCUT2D eigenvalue weighted by atomic mass is 16.6. The minimum absolute atomic E-state index is 0.168. The van der Waals surface area contributed by atoms with Gasteiger partial charge in [-0.2, -0.15) is 0 Å². The van der Waals surface area contributed by atoms with Crippen molar-refractivity contribution in [3.63, 3.8) is 0 Å². The Hall–Kier alpha value is -1.12. The standard InChI is InChI=1S/C19H34O3/c1-6-10-12-17(7-2)13-11-14-19(9-4,22-16(5)20)15-18(21)8-3/h10,12,17H,6-9,11,13-15H2,1-5H3/t17-,19+/m1/s1. The van der Waals surface area contributed by atoms with Gasteiger partial charge in [0.2, 0.25) is 0 Å². The molecule has 0 aliphatic carbocycles. The van der Waals surface area contributed by atoms with Gasteiger partial charge in [0.15, 0.2) is 0 Å². The smallest absolute Gasteiger partial charge is 0.303 e. The lowest BCUT2D eigenvalue weighted by Crippen LogP contribution is -2.36. The van der Waals surface area contributed by atoms with Crippen LogP contribution in [0, 0.1) is 5.92 Å². The molecule has 0 aromatic heterocycles. The average molecular weight is 310 g/mol. The van der Waals surface area contributed by atoms with E-state index in [9.17, 15) is 9.59 Å². The van der Waals surface area contributed by atoms with E-state index in [1.54, 1.807) is 0 Å². The summed E-state index contributed by atoms with van der Waals surface area (Å²) in [5.74, 6) is 0.457. The third-order valence-electron chi connectivity index (χ3n) is 4.29. The third-order valence-corrected chi connectivity index (χ3v) is 4.29. The van der Waals surface area contributed by atoms with E-state index in [0.29, 0.717) is 25.2 Å². The Balaban J connectivity index is 4.71. The van der Waals surface area contributed by atoms with Gasteiger partial charge in [-0.3, -0.25) is 9.59 Å². The molecule has 0 bridgehead atoms. The molecule has 0 aliphatic rings. The molecule has 2 atom stereocenters. The summed E-state index contributed by atoms with van der Waals surface area (Å²) in [5.41, 5.74) is -0.605. The number of esters is 1. The second kappa shape index (κ2) is 11.4. The Morgan fingerprint density at radius 2 is 1.86 bits per heavy atom. The fraction of sp³-hybridized carbons (Fsp3) is 0.789. The van der Waals surface area contributed by atoms with Gasteiger partial charge in [0.25, 0.3) is 0 Å². The predicted octanol–water partition coefficient (Wildman–Crippen LogP) is 5.23. The summed E-state index contributed by atoms with van der Waals surface area (Å²) >= 11 is 0. The van der Waals surface area contributed by atoms with Gasteiger partial charge in [0.1, 0.15) is 11.4 Å². The summed E-state index contributed by atoms with van der Waals surface area (Å²) in [7, 11) is 0. The Morgan fingerprint density at radius 1 is 1.18 bits per heavy atom. The number of carbonyl (C=O) groups excluding carboxylic acids is 2. The summed E-state index contributed by atoms with van der Waals surface area (Å²) in [4.78, 5) is 23.3. The largest absolute Gasteiger partial charge is 0.459 e. The van der Waals surface area contributed by atoms with Crippen LogP contribution in [0.15, 0.2) is 12.2 Å². The van der Waals surface area contributed by atoms with E-state index in [1.165, 1.54) is 6.92 Å². The maximum atomic E-state index is 11.9. The number of hydrogen-bond acceptors (Lipinski definition) is 3. The van der Waals surface area contributed by atoms with Gasteiger partial charge in [-0.25, -0.2) is 0 Å². The number of carbonyl (C=O) groups is 2. The highest BCUT2D eigenvalue weighted by Crippen LogP contribution is 2.30. The Bertz CT molecular complexity index is 360. The number of allylic oxidation sites excluding steroid dienone is 2. The van der Waals surface area contributed by atoms with Crippen molar-refractivity contribution >= 4 is 11.8 Å². The molecule has 0 unspecified atom stereocenters. The zero-order chi connectivity index (χ0) is 17.0. The van der Waals surface area contributed by atoms with Crippen LogP contribution in [0.5, 0.6) is 0 Å². The van der Waals surface area contributed by atoms with E-state index in [2.05, 4.69) is 26.0 Å². The number of hydrogen-bond donors (Lipinski definition) is 0. The number of ether oxygens (including phenoxy) is 1. The maximum Gasteiger partial charge on any atom is 0.303 e. The van der Waals surface area contributed by atoms with Crippen molar-refractivity contribution in [3.05, 3.63) is 12.2 Å². The highest BCUT2D eigenvalue weighted by molar-refractivity contribution is 5.79. The number of ketones is 1. The van der Waals surface area contributed by atoms with E-state index in [4.69, 9.17) is 4.74 Å². The Morgan fingerprint density at radius 3 is 2.32 bits per heavy atom.